The molecule has 0 unspecified atom stereocenters. The van der Waals surface area contributed by atoms with Crippen LogP contribution in [0, 0.1) is 0 Å². The van der Waals surface area contributed by atoms with Crippen molar-refractivity contribution >= 4 is 23.1 Å². The average molecular weight is 368 g/mol. The number of fused-ring (bicyclic) bond motifs is 1. The Morgan fingerprint density at radius 3 is 2.65 bits per heavy atom. The molecule has 142 valence electrons. The lowest BCUT2D eigenvalue weighted by atomic mass is 10.1. The third-order valence-corrected chi connectivity index (χ3v) is 4.81. The Hall–Kier alpha value is -2.25. The van der Waals surface area contributed by atoms with Gasteiger partial charge in [-0.15, -0.1) is 0 Å². The van der Waals surface area contributed by atoms with Crippen molar-refractivity contribution in [2.45, 2.75) is 24.5 Å². The fraction of sp³-hybridized carbons (Fsp3) is 0.643. The Labute approximate surface area is 147 Å². The van der Waals surface area contributed by atoms with Crippen molar-refractivity contribution in [2.75, 3.05) is 43.4 Å². The number of ether oxygens (including phenoxy) is 1. The number of nitrogens with one attached hydrogen (secondary N) is 1. The molecule has 2 aromatic rings. The number of hydrogen-bond donors (Lipinski definition) is 6. The molecule has 0 aliphatic carbocycles. The first kappa shape index (κ1) is 17.2. The summed E-state index contributed by atoms with van der Waals surface area (Å²) in [7, 11) is 0. The van der Waals surface area contributed by atoms with E-state index in [0.717, 1.165) is 13.1 Å². The summed E-state index contributed by atoms with van der Waals surface area (Å²) in [5, 5.41) is 32.1. The van der Waals surface area contributed by atoms with Gasteiger partial charge in [0.2, 0.25) is 11.9 Å². The molecular formula is C14H22N7O5+. The van der Waals surface area contributed by atoms with Gasteiger partial charge in [-0.3, -0.25) is 14.3 Å². The van der Waals surface area contributed by atoms with Crippen molar-refractivity contribution in [1.82, 2.24) is 19.5 Å². The van der Waals surface area contributed by atoms with Gasteiger partial charge in [-0.05, 0) is 0 Å². The summed E-state index contributed by atoms with van der Waals surface area (Å²) in [5.74, 6) is 0.320. The summed E-state index contributed by atoms with van der Waals surface area (Å²) in [6.07, 6.45) is -4.60. The number of hydrogen-bond acceptors (Lipinski definition) is 9. The molecular weight excluding hydrogens is 346 g/mol. The largest absolute Gasteiger partial charge is 0.394 e. The fourth-order valence-corrected chi connectivity index (χ4v) is 3.49. The number of aliphatic hydroxyl groups excluding tert-OH is 3. The second-order valence-electron chi connectivity index (χ2n) is 6.49. The van der Waals surface area contributed by atoms with Crippen LogP contribution >= 0.6 is 0 Å². The number of H-pyrrole nitrogens is 1. The molecule has 0 radical (unpaired) electrons. The van der Waals surface area contributed by atoms with Crippen LogP contribution in [0.15, 0.2) is 4.79 Å². The van der Waals surface area contributed by atoms with Crippen molar-refractivity contribution in [2.24, 2.45) is 0 Å². The van der Waals surface area contributed by atoms with E-state index in [-0.39, 0.29) is 17.1 Å². The maximum atomic E-state index is 12.3. The Balaban J connectivity index is 1.89. The number of nitrogens with two attached hydrogens (primary N) is 2. The van der Waals surface area contributed by atoms with E-state index in [2.05, 4.69) is 20.3 Å². The molecule has 0 aromatic carbocycles. The molecule has 12 heteroatoms. The van der Waals surface area contributed by atoms with Gasteiger partial charge in [0.05, 0.1) is 32.8 Å². The van der Waals surface area contributed by atoms with E-state index in [0.29, 0.717) is 19.0 Å². The first-order chi connectivity index (χ1) is 12.5. The number of quaternary nitrogens is 1. The van der Waals surface area contributed by atoms with Gasteiger partial charge in [0.1, 0.15) is 18.3 Å². The summed E-state index contributed by atoms with van der Waals surface area (Å²) in [6, 6.07) is 0. The molecule has 8 N–H and O–H groups in total. The number of nitrogens with zero attached hydrogens (tertiary/aromatic N) is 4. The molecule has 4 rings (SSSR count). The van der Waals surface area contributed by atoms with Crippen LogP contribution in [0.1, 0.15) is 6.23 Å². The maximum Gasteiger partial charge on any atom is 0.280 e. The van der Waals surface area contributed by atoms with Crippen molar-refractivity contribution in [1.29, 1.82) is 0 Å². The zero-order valence-corrected chi connectivity index (χ0v) is 13.9. The van der Waals surface area contributed by atoms with Crippen LogP contribution in [0.5, 0.6) is 0 Å². The zero-order chi connectivity index (χ0) is 18.4. The molecule has 2 aliphatic rings. The first-order valence-corrected chi connectivity index (χ1v) is 8.48. The van der Waals surface area contributed by atoms with Gasteiger partial charge in [0.15, 0.2) is 17.4 Å². The van der Waals surface area contributed by atoms with Crippen LogP contribution in [0.3, 0.4) is 0 Å². The Morgan fingerprint density at radius 1 is 1.27 bits per heavy atom. The monoisotopic (exact) mass is 368 g/mol. The smallest absolute Gasteiger partial charge is 0.280 e. The normalized spacial score (nSPS) is 29.6. The molecule has 0 bridgehead atoms. The van der Waals surface area contributed by atoms with Gasteiger partial charge in [-0.2, -0.15) is 4.98 Å². The SMILES string of the molecule is Nc1nc2c(nc(N3CC[NH2+]CC3)n2[C@@H]2O[C@@H](CO)[C@@H](O)[C@@H]2O)c(=O)[nH]1. The molecule has 0 spiro atoms. The maximum absolute atomic E-state index is 12.3. The number of piperazine rings is 1. The highest BCUT2D eigenvalue weighted by Gasteiger charge is 2.45. The number of imidazole rings is 1. The van der Waals surface area contributed by atoms with Gasteiger partial charge in [-0.25, -0.2) is 4.98 Å². The number of aromatic nitrogens is 4. The molecule has 26 heavy (non-hydrogen) atoms. The second-order valence-corrected chi connectivity index (χ2v) is 6.49. The molecule has 2 fully saturated rings. The molecule has 2 aromatic heterocycles. The van der Waals surface area contributed by atoms with Crippen molar-refractivity contribution in [3.05, 3.63) is 10.4 Å². The number of aliphatic hydroxyl groups is 3. The van der Waals surface area contributed by atoms with Gasteiger partial charge in [0, 0.05) is 0 Å². The van der Waals surface area contributed by atoms with Gasteiger partial charge in [0.25, 0.3) is 5.56 Å². The van der Waals surface area contributed by atoms with Crippen molar-refractivity contribution < 1.29 is 25.4 Å². The predicted molar refractivity (Wildman–Crippen MR) is 89.4 cm³/mol. The predicted octanol–water partition coefficient (Wildman–Crippen LogP) is -4.30. The molecule has 4 atom stereocenters. The van der Waals surface area contributed by atoms with Crippen LogP contribution in [-0.4, -0.2) is 85.9 Å². The van der Waals surface area contributed by atoms with E-state index in [1.165, 1.54) is 4.57 Å². The summed E-state index contributed by atoms with van der Waals surface area (Å²) < 4.78 is 7.13. The zero-order valence-electron chi connectivity index (χ0n) is 13.9. The Bertz CT molecular complexity index is 861. The van der Waals surface area contributed by atoms with Gasteiger partial charge < -0.3 is 36.0 Å². The van der Waals surface area contributed by atoms with E-state index in [9.17, 15) is 20.1 Å². The number of nitrogen functional groups attached to an aromatic ring is 1. The molecule has 2 saturated heterocycles. The van der Waals surface area contributed by atoms with Crippen LogP contribution in [0.4, 0.5) is 11.9 Å². The number of anilines is 2. The lowest BCUT2D eigenvalue weighted by molar-refractivity contribution is -0.655. The number of rotatable bonds is 3. The summed E-state index contributed by atoms with van der Waals surface area (Å²) in [6.45, 7) is 2.62. The summed E-state index contributed by atoms with van der Waals surface area (Å²) >= 11 is 0. The van der Waals surface area contributed by atoms with E-state index in [4.69, 9.17) is 10.5 Å². The minimum absolute atomic E-state index is 0.0708. The van der Waals surface area contributed by atoms with Crippen molar-refractivity contribution in [3.8, 4) is 0 Å². The third kappa shape index (κ3) is 2.62. The average Bonchev–Trinajstić information content (AvgIpc) is 3.14. The van der Waals surface area contributed by atoms with Gasteiger partial charge in [-0.1, -0.05) is 0 Å². The minimum Gasteiger partial charge on any atom is -0.394 e. The standard InChI is InChI=1S/C14H21N7O5/c15-13-18-10-7(11(25)19-13)17-14(20-3-1-16-2-4-20)21(10)12-9(24)8(23)6(5-22)26-12/h6,8-9,12,16,22-24H,1-5H2,(H3,15,18,19,25)/p+1/t6-,8+,9-,12+/m0/s1. The van der Waals surface area contributed by atoms with E-state index < -0.39 is 36.7 Å². The molecule has 2 aliphatic heterocycles. The molecule has 4 heterocycles. The first-order valence-electron chi connectivity index (χ1n) is 8.48. The van der Waals surface area contributed by atoms with Crippen molar-refractivity contribution in [3.63, 3.8) is 0 Å². The van der Waals surface area contributed by atoms with Crippen LogP contribution in [-0.2, 0) is 4.74 Å². The van der Waals surface area contributed by atoms with Gasteiger partial charge >= 0.3 is 0 Å². The van der Waals surface area contributed by atoms with E-state index in [1.54, 1.807) is 0 Å². The topological polar surface area (TPSA) is 179 Å². The Kier molecular flexibility index (Phi) is 4.28. The quantitative estimate of drug-likeness (QED) is 0.312. The molecule has 12 nitrogen and oxygen atoms in total. The van der Waals surface area contributed by atoms with Crippen LogP contribution < -0.4 is 21.5 Å². The summed E-state index contributed by atoms with van der Waals surface area (Å²) in [5.41, 5.74) is 5.41. The molecule has 0 saturated carbocycles. The number of aromatic amines is 1. The Morgan fingerprint density at radius 2 is 2.00 bits per heavy atom. The highest BCUT2D eigenvalue weighted by molar-refractivity contribution is 5.75. The molecule has 0 amide bonds. The lowest BCUT2D eigenvalue weighted by Crippen LogP contribution is -2.89. The minimum atomic E-state index is -1.32. The third-order valence-electron chi connectivity index (χ3n) is 4.81. The summed E-state index contributed by atoms with van der Waals surface area (Å²) in [4.78, 5) is 25.2. The second kappa shape index (κ2) is 6.48. The van der Waals surface area contributed by atoms with E-state index in [1.807, 2.05) is 4.90 Å². The lowest BCUT2D eigenvalue weighted by Gasteiger charge is -2.29. The highest BCUT2D eigenvalue weighted by atomic mass is 16.6. The van der Waals surface area contributed by atoms with Crippen LogP contribution in [0.25, 0.3) is 11.2 Å². The van der Waals surface area contributed by atoms with Crippen LogP contribution in [0.2, 0.25) is 0 Å². The highest BCUT2D eigenvalue weighted by Crippen LogP contribution is 2.35. The fourth-order valence-electron chi connectivity index (χ4n) is 3.49. The van der Waals surface area contributed by atoms with E-state index >= 15 is 0 Å².